The molecular weight excluding hydrogens is 178 g/mol. The SMILES string of the molecule is C=CCCc1nc2ccccc2s1. The van der Waals surface area contributed by atoms with Crippen molar-refractivity contribution in [3.05, 3.63) is 41.9 Å². The molecule has 2 heteroatoms. The summed E-state index contributed by atoms with van der Waals surface area (Å²) >= 11 is 1.78. The minimum atomic E-state index is 1.01. The second-order valence-corrected chi connectivity index (χ2v) is 4.02. The Morgan fingerprint density at radius 2 is 2.23 bits per heavy atom. The van der Waals surface area contributed by atoms with Crippen LogP contribution < -0.4 is 0 Å². The molecule has 1 aromatic carbocycles. The molecule has 0 bridgehead atoms. The van der Waals surface area contributed by atoms with E-state index in [0.717, 1.165) is 18.4 Å². The minimum Gasteiger partial charge on any atom is -0.241 e. The first kappa shape index (κ1) is 8.45. The van der Waals surface area contributed by atoms with Gasteiger partial charge in [-0.3, -0.25) is 0 Å². The third kappa shape index (κ3) is 1.78. The summed E-state index contributed by atoms with van der Waals surface area (Å²) in [5.41, 5.74) is 1.12. The molecule has 0 amide bonds. The van der Waals surface area contributed by atoms with Gasteiger partial charge in [0.25, 0.3) is 0 Å². The molecule has 0 radical (unpaired) electrons. The number of aromatic nitrogens is 1. The first-order valence-electron chi connectivity index (χ1n) is 4.35. The summed E-state index contributed by atoms with van der Waals surface area (Å²) in [6.07, 6.45) is 3.97. The maximum Gasteiger partial charge on any atom is 0.0941 e. The van der Waals surface area contributed by atoms with E-state index < -0.39 is 0 Å². The monoisotopic (exact) mass is 189 g/mol. The van der Waals surface area contributed by atoms with E-state index in [2.05, 4.69) is 29.8 Å². The Labute approximate surface area is 81.7 Å². The van der Waals surface area contributed by atoms with Gasteiger partial charge in [0.2, 0.25) is 0 Å². The summed E-state index contributed by atoms with van der Waals surface area (Å²) < 4.78 is 1.28. The van der Waals surface area contributed by atoms with E-state index >= 15 is 0 Å². The van der Waals surface area contributed by atoms with Gasteiger partial charge >= 0.3 is 0 Å². The van der Waals surface area contributed by atoms with E-state index in [1.807, 2.05) is 12.1 Å². The highest BCUT2D eigenvalue weighted by Gasteiger charge is 2.00. The van der Waals surface area contributed by atoms with E-state index in [9.17, 15) is 0 Å². The number of aryl methyl sites for hydroxylation is 1. The van der Waals surface area contributed by atoms with Gasteiger partial charge in [0, 0.05) is 6.42 Å². The Hall–Kier alpha value is -1.15. The number of thiazole rings is 1. The lowest BCUT2D eigenvalue weighted by molar-refractivity contribution is 0.989. The van der Waals surface area contributed by atoms with Gasteiger partial charge in [-0.15, -0.1) is 17.9 Å². The lowest BCUT2D eigenvalue weighted by Gasteiger charge is -1.86. The molecule has 0 aliphatic carbocycles. The fourth-order valence-electron chi connectivity index (χ4n) is 1.25. The molecule has 0 saturated carbocycles. The molecule has 1 aromatic heterocycles. The van der Waals surface area contributed by atoms with Gasteiger partial charge in [0.05, 0.1) is 15.2 Å². The molecular formula is C11H11NS. The first-order chi connectivity index (χ1) is 6.40. The van der Waals surface area contributed by atoms with E-state index in [0.29, 0.717) is 0 Å². The molecule has 0 saturated heterocycles. The first-order valence-corrected chi connectivity index (χ1v) is 5.17. The lowest BCUT2D eigenvalue weighted by atomic mass is 10.3. The van der Waals surface area contributed by atoms with Crippen LogP contribution >= 0.6 is 11.3 Å². The molecule has 1 heterocycles. The minimum absolute atomic E-state index is 1.01. The molecule has 0 spiro atoms. The number of benzene rings is 1. The van der Waals surface area contributed by atoms with Crippen molar-refractivity contribution >= 4 is 21.6 Å². The Bertz CT molecular complexity index is 384. The van der Waals surface area contributed by atoms with E-state index in [-0.39, 0.29) is 0 Å². The number of fused-ring (bicyclic) bond motifs is 1. The molecule has 66 valence electrons. The quantitative estimate of drug-likeness (QED) is 0.674. The summed E-state index contributed by atoms with van der Waals surface area (Å²) in [4.78, 5) is 4.52. The lowest BCUT2D eigenvalue weighted by Crippen LogP contribution is -1.79. The van der Waals surface area contributed by atoms with Crippen molar-refractivity contribution in [2.24, 2.45) is 0 Å². The molecule has 0 aliphatic rings. The number of hydrogen-bond acceptors (Lipinski definition) is 2. The summed E-state index contributed by atoms with van der Waals surface area (Å²) in [5.74, 6) is 0. The number of para-hydroxylation sites is 1. The van der Waals surface area contributed by atoms with Crippen molar-refractivity contribution < 1.29 is 0 Å². The number of nitrogens with zero attached hydrogens (tertiary/aromatic N) is 1. The van der Waals surface area contributed by atoms with Crippen LogP contribution in [-0.2, 0) is 6.42 Å². The topological polar surface area (TPSA) is 12.9 Å². The van der Waals surface area contributed by atoms with E-state index in [1.165, 1.54) is 9.71 Å². The molecule has 2 aromatic rings. The standard InChI is InChI=1S/C11H11NS/c1-2-3-8-11-12-9-6-4-5-7-10(9)13-11/h2,4-7H,1,3,8H2. The average Bonchev–Trinajstić information content (AvgIpc) is 2.57. The molecule has 0 unspecified atom stereocenters. The van der Waals surface area contributed by atoms with Gasteiger partial charge in [0.1, 0.15) is 0 Å². The normalized spacial score (nSPS) is 10.5. The van der Waals surface area contributed by atoms with Crippen LogP contribution in [-0.4, -0.2) is 4.98 Å². The van der Waals surface area contributed by atoms with Crippen LogP contribution in [0.5, 0.6) is 0 Å². The predicted molar refractivity (Wildman–Crippen MR) is 58.1 cm³/mol. The highest BCUT2D eigenvalue weighted by molar-refractivity contribution is 7.18. The summed E-state index contributed by atoms with van der Waals surface area (Å²) in [5, 5.41) is 1.21. The summed E-state index contributed by atoms with van der Waals surface area (Å²) in [7, 11) is 0. The zero-order valence-electron chi connectivity index (χ0n) is 7.36. The van der Waals surface area contributed by atoms with Crippen molar-refractivity contribution in [2.45, 2.75) is 12.8 Å². The van der Waals surface area contributed by atoms with Crippen molar-refractivity contribution in [3.63, 3.8) is 0 Å². The summed E-state index contributed by atoms with van der Waals surface area (Å²) in [6, 6.07) is 8.25. The second kappa shape index (κ2) is 3.71. The highest BCUT2D eigenvalue weighted by atomic mass is 32.1. The Kier molecular flexibility index (Phi) is 2.41. The summed E-state index contributed by atoms with van der Waals surface area (Å²) in [6.45, 7) is 3.71. The fourth-order valence-corrected chi connectivity index (χ4v) is 2.24. The van der Waals surface area contributed by atoms with E-state index in [4.69, 9.17) is 0 Å². The molecule has 0 fully saturated rings. The van der Waals surface area contributed by atoms with Gasteiger partial charge in [-0.1, -0.05) is 18.2 Å². The average molecular weight is 189 g/mol. The fraction of sp³-hybridized carbons (Fsp3) is 0.182. The maximum absolute atomic E-state index is 4.52. The van der Waals surface area contributed by atoms with Crippen LogP contribution in [0.15, 0.2) is 36.9 Å². The molecule has 1 nitrogen and oxygen atoms in total. The largest absolute Gasteiger partial charge is 0.241 e. The van der Waals surface area contributed by atoms with Crippen molar-refractivity contribution in [1.82, 2.24) is 4.98 Å². The molecule has 0 aliphatic heterocycles. The zero-order valence-corrected chi connectivity index (χ0v) is 8.18. The number of rotatable bonds is 3. The Balaban J connectivity index is 2.32. The molecule has 0 N–H and O–H groups in total. The smallest absolute Gasteiger partial charge is 0.0941 e. The van der Waals surface area contributed by atoms with Crippen LogP contribution in [0.4, 0.5) is 0 Å². The highest BCUT2D eigenvalue weighted by Crippen LogP contribution is 2.22. The Morgan fingerprint density at radius 3 is 3.00 bits per heavy atom. The molecule has 13 heavy (non-hydrogen) atoms. The molecule has 0 atom stereocenters. The zero-order chi connectivity index (χ0) is 9.10. The number of allylic oxidation sites excluding steroid dienone is 1. The van der Waals surface area contributed by atoms with Crippen molar-refractivity contribution in [3.8, 4) is 0 Å². The van der Waals surface area contributed by atoms with Gasteiger partial charge < -0.3 is 0 Å². The van der Waals surface area contributed by atoms with Gasteiger partial charge in [-0.2, -0.15) is 0 Å². The van der Waals surface area contributed by atoms with Gasteiger partial charge in [0.15, 0.2) is 0 Å². The van der Waals surface area contributed by atoms with Gasteiger partial charge in [-0.25, -0.2) is 4.98 Å². The van der Waals surface area contributed by atoms with Crippen molar-refractivity contribution in [1.29, 1.82) is 0 Å². The molecule has 2 rings (SSSR count). The van der Waals surface area contributed by atoms with Crippen LogP contribution in [0.25, 0.3) is 10.2 Å². The van der Waals surface area contributed by atoms with Crippen LogP contribution in [0.3, 0.4) is 0 Å². The van der Waals surface area contributed by atoms with Crippen LogP contribution in [0.2, 0.25) is 0 Å². The Morgan fingerprint density at radius 1 is 1.38 bits per heavy atom. The third-order valence-electron chi connectivity index (χ3n) is 1.90. The van der Waals surface area contributed by atoms with Crippen LogP contribution in [0, 0.1) is 0 Å². The third-order valence-corrected chi connectivity index (χ3v) is 3.00. The number of hydrogen-bond donors (Lipinski definition) is 0. The predicted octanol–water partition coefficient (Wildman–Crippen LogP) is 3.41. The second-order valence-electron chi connectivity index (χ2n) is 2.90. The maximum atomic E-state index is 4.52. The van der Waals surface area contributed by atoms with Crippen LogP contribution in [0.1, 0.15) is 11.4 Å². The van der Waals surface area contributed by atoms with E-state index in [1.54, 1.807) is 11.3 Å². The van der Waals surface area contributed by atoms with Crippen molar-refractivity contribution in [2.75, 3.05) is 0 Å². The van der Waals surface area contributed by atoms with Gasteiger partial charge in [-0.05, 0) is 18.6 Å².